The number of carbonyl (C=O) groups excluding carboxylic acids is 1. The Labute approximate surface area is 74.5 Å². The van der Waals surface area contributed by atoms with Gasteiger partial charge in [0.15, 0.2) is 0 Å². The number of amides is 1. The highest BCUT2D eigenvalue weighted by Crippen LogP contribution is 2.14. The normalized spacial score (nSPS) is 9.69. The highest BCUT2D eigenvalue weighted by molar-refractivity contribution is 5.94. The van der Waals surface area contributed by atoms with E-state index in [9.17, 15) is 9.18 Å². The molecule has 0 aliphatic heterocycles. The predicted molar refractivity (Wildman–Crippen MR) is 43.9 cm³/mol. The molecule has 0 saturated carbocycles. The van der Waals surface area contributed by atoms with Gasteiger partial charge in [0.05, 0.1) is 6.61 Å². The Morgan fingerprint density at radius 1 is 1.69 bits per heavy atom. The minimum atomic E-state index is -0.701. The number of rotatable bonds is 3. The van der Waals surface area contributed by atoms with Gasteiger partial charge in [-0.1, -0.05) is 0 Å². The molecule has 13 heavy (non-hydrogen) atoms. The molecular formula is C8H9FN2O2. The largest absolute Gasteiger partial charge is 0.477 e. The molecule has 4 nitrogen and oxygen atoms in total. The molecule has 0 aliphatic rings. The van der Waals surface area contributed by atoms with Crippen LogP contribution in [0.15, 0.2) is 12.1 Å². The van der Waals surface area contributed by atoms with E-state index in [-0.39, 0.29) is 11.4 Å². The Balaban J connectivity index is 3.10. The van der Waals surface area contributed by atoms with Gasteiger partial charge in [-0.2, -0.15) is 9.37 Å². The van der Waals surface area contributed by atoms with Gasteiger partial charge in [-0.25, -0.2) is 0 Å². The van der Waals surface area contributed by atoms with Crippen molar-refractivity contribution in [1.82, 2.24) is 4.98 Å². The predicted octanol–water partition coefficient (Wildman–Crippen LogP) is 0.718. The number of hydrogen-bond donors (Lipinski definition) is 1. The van der Waals surface area contributed by atoms with Crippen LogP contribution >= 0.6 is 0 Å². The maximum atomic E-state index is 12.6. The summed E-state index contributed by atoms with van der Waals surface area (Å²) in [5.41, 5.74) is 5.10. The number of hydrogen-bond acceptors (Lipinski definition) is 3. The van der Waals surface area contributed by atoms with Crippen molar-refractivity contribution in [2.24, 2.45) is 5.73 Å². The van der Waals surface area contributed by atoms with Gasteiger partial charge < -0.3 is 10.5 Å². The van der Waals surface area contributed by atoms with Crippen molar-refractivity contribution >= 4 is 5.91 Å². The SMILES string of the molecule is CCOc1nc(F)ccc1C(N)=O. The van der Waals surface area contributed by atoms with E-state index in [1.807, 2.05) is 0 Å². The second-order valence-corrected chi connectivity index (χ2v) is 2.28. The lowest BCUT2D eigenvalue weighted by atomic mass is 10.2. The lowest BCUT2D eigenvalue weighted by Gasteiger charge is -2.05. The molecule has 0 unspecified atom stereocenters. The molecule has 0 bridgehead atoms. The topological polar surface area (TPSA) is 65.2 Å². The Hall–Kier alpha value is -1.65. The fourth-order valence-corrected chi connectivity index (χ4v) is 0.852. The van der Waals surface area contributed by atoms with Crippen LogP contribution in [0, 0.1) is 5.95 Å². The fourth-order valence-electron chi connectivity index (χ4n) is 0.852. The molecule has 0 aromatic carbocycles. The maximum absolute atomic E-state index is 12.6. The molecule has 2 N–H and O–H groups in total. The van der Waals surface area contributed by atoms with E-state index in [2.05, 4.69) is 4.98 Å². The minimum absolute atomic E-state index is 0.0602. The lowest BCUT2D eigenvalue weighted by molar-refractivity contribution is 0.0995. The van der Waals surface area contributed by atoms with E-state index in [1.165, 1.54) is 6.07 Å². The molecule has 5 heteroatoms. The molecule has 0 spiro atoms. The van der Waals surface area contributed by atoms with Gasteiger partial charge in [-0.05, 0) is 19.1 Å². The quantitative estimate of drug-likeness (QED) is 0.704. The Morgan fingerprint density at radius 3 is 2.92 bits per heavy atom. The Morgan fingerprint density at radius 2 is 2.38 bits per heavy atom. The molecule has 1 amide bonds. The van der Waals surface area contributed by atoms with Gasteiger partial charge in [-0.15, -0.1) is 0 Å². The molecule has 0 radical (unpaired) electrons. The summed E-state index contributed by atoms with van der Waals surface area (Å²) in [6.07, 6.45) is 0. The second-order valence-electron chi connectivity index (χ2n) is 2.28. The molecular weight excluding hydrogens is 175 g/mol. The van der Waals surface area contributed by atoms with Crippen LogP contribution in [0.4, 0.5) is 4.39 Å². The number of nitrogens with zero attached hydrogens (tertiary/aromatic N) is 1. The van der Waals surface area contributed by atoms with Gasteiger partial charge in [0.2, 0.25) is 11.8 Å². The summed E-state index contributed by atoms with van der Waals surface area (Å²) in [6, 6.07) is 2.30. The molecule has 1 heterocycles. The van der Waals surface area contributed by atoms with Gasteiger partial charge in [0, 0.05) is 0 Å². The maximum Gasteiger partial charge on any atom is 0.254 e. The minimum Gasteiger partial charge on any atom is -0.477 e. The first-order chi connectivity index (χ1) is 6.15. The molecule has 0 atom stereocenters. The second kappa shape index (κ2) is 3.84. The van der Waals surface area contributed by atoms with Gasteiger partial charge in [0.25, 0.3) is 5.91 Å². The monoisotopic (exact) mass is 184 g/mol. The van der Waals surface area contributed by atoms with Crippen LogP contribution in [0.3, 0.4) is 0 Å². The van der Waals surface area contributed by atoms with E-state index in [1.54, 1.807) is 6.92 Å². The number of primary amides is 1. The molecule has 0 saturated heterocycles. The van der Waals surface area contributed by atoms with Crippen LogP contribution in [0.2, 0.25) is 0 Å². The number of halogens is 1. The number of ether oxygens (including phenoxy) is 1. The van der Waals surface area contributed by atoms with Crippen molar-refractivity contribution in [3.8, 4) is 5.88 Å². The summed E-state index contributed by atoms with van der Waals surface area (Å²) in [7, 11) is 0. The average molecular weight is 184 g/mol. The molecule has 1 aromatic rings. The van der Waals surface area contributed by atoms with Crippen molar-refractivity contribution in [2.75, 3.05) is 6.61 Å². The van der Waals surface area contributed by atoms with E-state index >= 15 is 0 Å². The van der Waals surface area contributed by atoms with Crippen LogP contribution in [0.1, 0.15) is 17.3 Å². The third-order valence-corrected chi connectivity index (χ3v) is 1.37. The highest BCUT2D eigenvalue weighted by atomic mass is 19.1. The summed E-state index contributed by atoms with van der Waals surface area (Å²) >= 11 is 0. The first kappa shape index (κ1) is 9.44. The number of carbonyl (C=O) groups is 1. The van der Waals surface area contributed by atoms with Crippen molar-refractivity contribution < 1.29 is 13.9 Å². The highest BCUT2D eigenvalue weighted by Gasteiger charge is 2.11. The first-order valence-electron chi connectivity index (χ1n) is 3.74. The number of aromatic nitrogens is 1. The van der Waals surface area contributed by atoms with Gasteiger partial charge in [-0.3, -0.25) is 4.79 Å². The van der Waals surface area contributed by atoms with Crippen LogP contribution in [0.25, 0.3) is 0 Å². The lowest BCUT2D eigenvalue weighted by Crippen LogP contribution is -2.14. The van der Waals surface area contributed by atoms with Gasteiger partial charge in [0.1, 0.15) is 5.56 Å². The zero-order chi connectivity index (χ0) is 9.84. The first-order valence-corrected chi connectivity index (χ1v) is 3.74. The van der Waals surface area contributed by atoms with E-state index in [0.29, 0.717) is 6.61 Å². The van der Waals surface area contributed by atoms with Crippen LogP contribution < -0.4 is 10.5 Å². The summed E-state index contributed by atoms with van der Waals surface area (Å²) in [5.74, 6) is -1.44. The van der Waals surface area contributed by atoms with E-state index in [4.69, 9.17) is 10.5 Å². The number of pyridine rings is 1. The Kier molecular flexibility index (Phi) is 2.79. The van der Waals surface area contributed by atoms with Crippen LogP contribution in [0.5, 0.6) is 5.88 Å². The number of nitrogens with two attached hydrogens (primary N) is 1. The third-order valence-electron chi connectivity index (χ3n) is 1.37. The third kappa shape index (κ3) is 2.14. The van der Waals surface area contributed by atoms with E-state index < -0.39 is 11.9 Å². The molecule has 1 aromatic heterocycles. The van der Waals surface area contributed by atoms with E-state index in [0.717, 1.165) is 6.07 Å². The molecule has 0 fully saturated rings. The smallest absolute Gasteiger partial charge is 0.254 e. The molecule has 70 valence electrons. The zero-order valence-electron chi connectivity index (χ0n) is 7.08. The zero-order valence-corrected chi connectivity index (χ0v) is 7.08. The molecule has 0 aliphatic carbocycles. The summed E-state index contributed by atoms with van der Waals surface area (Å²) in [6.45, 7) is 2.01. The Bertz CT molecular complexity index is 328. The van der Waals surface area contributed by atoms with Crippen molar-refractivity contribution in [2.45, 2.75) is 6.92 Å². The summed E-state index contributed by atoms with van der Waals surface area (Å²) < 4.78 is 17.5. The van der Waals surface area contributed by atoms with Crippen molar-refractivity contribution in [1.29, 1.82) is 0 Å². The molecule has 1 rings (SSSR count). The van der Waals surface area contributed by atoms with Crippen LogP contribution in [-0.4, -0.2) is 17.5 Å². The fraction of sp³-hybridized carbons (Fsp3) is 0.250. The average Bonchev–Trinajstić information content (AvgIpc) is 2.04. The van der Waals surface area contributed by atoms with Crippen molar-refractivity contribution in [3.05, 3.63) is 23.6 Å². The van der Waals surface area contributed by atoms with Crippen molar-refractivity contribution in [3.63, 3.8) is 0 Å². The van der Waals surface area contributed by atoms with Crippen LogP contribution in [-0.2, 0) is 0 Å². The standard InChI is InChI=1S/C8H9FN2O2/c1-2-13-8-5(7(10)12)3-4-6(9)11-8/h3-4H,2H2,1H3,(H2,10,12). The van der Waals surface area contributed by atoms with Gasteiger partial charge >= 0.3 is 0 Å². The summed E-state index contributed by atoms with van der Waals surface area (Å²) in [4.78, 5) is 14.2. The summed E-state index contributed by atoms with van der Waals surface area (Å²) in [5, 5.41) is 0.